The maximum Gasteiger partial charge on any atom is 0.437 e. The summed E-state index contributed by atoms with van der Waals surface area (Å²) in [6.07, 6.45) is -3.68. The molecule has 0 atom stereocenters. The van der Waals surface area contributed by atoms with E-state index in [-0.39, 0.29) is 12.0 Å². The molecule has 0 aliphatic rings. The number of fused-ring (bicyclic) bond motifs is 3. The molecule has 0 radical (unpaired) electrons. The first-order valence-electron chi connectivity index (χ1n) is 15.4. The maximum absolute atomic E-state index is 13.4. The highest BCUT2D eigenvalue weighted by molar-refractivity contribution is 6.12. The number of anilines is 1. The number of benzene rings is 2. The van der Waals surface area contributed by atoms with Crippen LogP contribution in [-0.2, 0) is 15.9 Å². The molecule has 0 fully saturated rings. The molecule has 0 spiro atoms. The molecule has 4 aromatic rings. The second-order valence-corrected chi connectivity index (χ2v) is 12.3. The molecule has 258 valence electrons. The Morgan fingerprint density at radius 3 is 2.42 bits per heavy atom. The van der Waals surface area contributed by atoms with Gasteiger partial charge in [-0.1, -0.05) is 29.4 Å². The summed E-state index contributed by atoms with van der Waals surface area (Å²) < 4.78 is 50.2. The van der Waals surface area contributed by atoms with Gasteiger partial charge in [-0.15, -0.1) is 0 Å². The molecule has 2 aromatic heterocycles. The van der Waals surface area contributed by atoms with Gasteiger partial charge in [-0.3, -0.25) is 0 Å². The number of rotatable bonds is 13. The average molecular weight is 672 g/mol. The third kappa shape index (κ3) is 9.56. The van der Waals surface area contributed by atoms with Crippen LogP contribution in [0.15, 0.2) is 47.6 Å². The molecule has 48 heavy (non-hydrogen) atoms. The lowest BCUT2D eigenvalue weighted by Gasteiger charge is -2.20. The van der Waals surface area contributed by atoms with Crippen LogP contribution >= 0.6 is 0 Å². The van der Waals surface area contributed by atoms with Crippen molar-refractivity contribution < 1.29 is 37.4 Å². The lowest BCUT2D eigenvalue weighted by atomic mass is 10.0. The molecule has 2 heterocycles. The first kappa shape index (κ1) is 35.9. The SMILES string of the molecule is COC(=O)c1ccc2c(c1)[nH]c1nc(Cc3cccc(/C(=N/O)C(F)(F)F)c3)nc(NCCCN(C)CCCNC(=O)OC(C)(C)C)c12. The lowest BCUT2D eigenvalue weighted by molar-refractivity contribution is -0.0601. The van der Waals surface area contributed by atoms with Crippen LogP contribution in [0, 0.1) is 0 Å². The number of H-pyrrole nitrogens is 1. The molecule has 0 aliphatic carbocycles. The Balaban J connectivity index is 1.50. The molecule has 1 amide bonds. The van der Waals surface area contributed by atoms with Gasteiger partial charge in [0.2, 0.25) is 0 Å². The van der Waals surface area contributed by atoms with Crippen LogP contribution in [0.4, 0.5) is 23.8 Å². The van der Waals surface area contributed by atoms with Crippen molar-refractivity contribution in [2.75, 3.05) is 45.7 Å². The number of oxime groups is 1. The number of amides is 1. The number of hydrogen-bond donors (Lipinski definition) is 4. The number of ether oxygens (including phenoxy) is 2. The van der Waals surface area contributed by atoms with E-state index in [9.17, 15) is 22.8 Å². The smallest absolute Gasteiger partial charge is 0.437 e. The van der Waals surface area contributed by atoms with Gasteiger partial charge in [0.15, 0.2) is 5.71 Å². The molecular formula is C33H40F3N7O5. The van der Waals surface area contributed by atoms with Crippen molar-refractivity contribution in [2.45, 2.75) is 51.8 Å². The first-order chi connectivity index (χ1) is 22.7. The molecule has 0 saturated heterocycles. The number of halogens is 3. The molecule has 0 saturated carbocycles. The summed E-state index contributed by atoms with van der Waals surface area (Å²) in [6, 6.07) is 10.7. The average Bonchev–Trinajstić information content (AvgIpc) is 3.37. The number of alkyl halides is 3. The van der Waals surface area contributed by atoms with Crippen molar-refractivity contribution in [1.29, 1.82) is 0 Å². The van der Waals surface area contributed by atoms with Crippen molar-refractivity contribution in [3.8, 4) is 0 Å². The molecule has 4 rings (SSSR count). The maximum atomic E-state index is 13.4. The van der Waals surface area contributed by atoms with Crippen LogP contribution in [-0.4, -0.2) is 94.9 Å². The molecular weight excluding hydrogens is 631 g/mol. The highest BCUT2D eigenvalue weighted by Gasteiger charge is 2.37. The number of methoxy groups -OCH3 is 1. The summed E-state index contributed by atoms with van der Waals surface area (Å²) in [4.78, 5) is 38.8. The van der Waals surface area contributed by atoms with Gasteiger partial charge in [0.1, 0.15) is 22.9 Å². The molecule has 2 aromatic carbocycles. The van der Waals surface area contributed by atoms with Gasteiger partial charge in [0.25, 0.3) is 0 Å². The molecule has 0 bridgehead atoms. The number of aromatic amines is 1. The fraction of sp³-hybridized carbons (Fsp3) is 0.424. The Kier molecular flexibility index (Phi) is 11.5. The number of hydrogen-bond acceptors (Lipinski definition) is 10. The quantitative estimate of drug-likeness (QED) is 0.0449. The van der Waals surface area contributed by atoms with Crippen LogP contribution < -0.4 is 10.6 Å². The van der Waals surface area contributed by atoms with Crippen molar-refractivity contribution in [1.82, 2.24) is 25.2 Å². The Labute approximate surface area is 275 Å². The summed E-state index contributed by atoms with van der Waals surface area (Å²) >= 11 is 0. The van der Waals surface area contributed by atoms with Crippen LogP contribution in [0.1, 0.15) is 60.9 Å². The number of carbonyl (C=O) groups is 2. The number of nitrogens with one attached hydrogen (secondary N) is 3. The summed E-state index contributed by atoms with van der Waals surface area (Å²) in [5, 5.41) is 19.1. The lowest BCUT2D eigenvalue weighted by Crippen LogP contribution is -2.34. The summed E-state index contributed by atoms with van der Waals surface area (Å²) in [5.74, 6) is 0.376. The van der Waals surface area contributed by atoms with Gasteiger partial charge in [-0.05, 0) is 77.5 Å². The van der Waals surface area contributed by atoms with E-state index in [0.29, 0.717) is 52.4 Å². The Morgan fingerprint density at radius 2 is 1.75 bits per heavy atom. The summed E-state index contributed by atoms with van der Waals surface area (Å²) in [6.45, 7) is 8.00. The predicted molar refractivity (Wildman–Crippen MR) is 176 cm³/mol. The van der Waals surface area contributed by atoms with Gasteiger partial charge in [-0.25, -0.2) is 19.6 Å². The van der Waals surface area contributed by atoms with E-state index in [0.717, 1.165) is 31.3 Å². The van der Waals surface area contributed by atoms with E-state index in [1.54, 1.807) is 24.3 Å². The fourth-order valence-electron chi connectivity index (χ4n) is 5.11. The third-order valence-electron chi connectivity index (χ3n) is 7.24. The molecule has 12 nitrogen and oxygen atoms in total. The van der Waals surface area contributed by atoms with Gasteiger partial charge in [-0.2, -0.15) is 13.2 Å². The van der Waals surface area contributed by atoms with Crippen LogP contribution in [0.2, 0.25) is 0 Å². The molecule has 4 N–H and O–H groups in total. The van der Waals surface area contributed by atoms with Crippen LogP contribution in [0.25, 0.3) is 21.9 Å². The van der Waals surface area contributed by atoms with Gasteiger partial charge >= 0.3 is 18.2 Å². The van der Waals surface area contributed by atoms with Gasteiger partial charge in [0.05, 0.1) is 18.1 Å². The Hall–Kier alpha value is -4.92. The second kappa shape index (κ2) is 15.3. The third-order valence-corrected chi connectivity index (χ3v) is 7.24. The summed E-state index contributed by atoms with van der Waals surface area (Å²) in [7, 11) is 3.29. The second-order valence-electron chi connectivity index (χ2n) is 12.3. The predicted octanol–water partition coefficient (Wildman–Crippen LogP) is 5.88. The number of nitrogens with zero attached hydrogens (tertiary/aromatic N) is 4. The van der Waals surface area contributed by atoms with Crippen LogP contribution in [0.3, 0.4) is 0 Å². The van der Waals surface area contributed by atoms with E-state index in [4.69, 9.17) is 19.7 Å². The van der Waals surface area contributed by atoms with E-state index in [1.807, 2.05) is 27.8 Å². The minimum atomic E-state index is -4.83. The van der Waals surface area contributed by atoms with E-state index >= 15 is 0 Å². The fourth-order valence-corrected chi connectivity index (χ4v) is 5.11. The number of carbonyl (C=O) groups excluding carboxylic acids is 2. The van der Waals surface area contributed by atoms with E-state index in [2.05, 4.69) is 30.7 Å². The van der Waals surface area contributed by atoms with Crippen molar-refractivity contribution in [3.63, 3.8) is 0 Å². The van der Waals surface area contributed by atoms with E-state index in [1.165, 1.54) is 25.3 Å². The van der Waals surface area contributed by atoms with Gasteiger partial charge < -0.3 is 35.2 Å². The minimum Gasteiger partial charge on any atom is -0.465 e. The topological polar surface area (TPSA) is 154 Å². The summed E-state index contributed by atoms with van der Waals surface area (Å²) in [5.41, 5.74) is -0.279. The molecule has 15 heteroatoms. The highest BCUT2D eigenvalue weighted by atomic mass is 19.4. The largest absolute Gasteiger partial charge is 0.465 e. The first-order valence-corrected chi connectivity index (χ1v) is 15.4. The van der Waals surface area contributed by atoms with Crippen molar-refractivity contribution >= 4 is 45.5 Å². The normalized spacial score (nSPS) is 12.5. The van der Waals surface area contributed by atoms with Crippen molar-refractivity contribution in [2.24, 2.45) is 5.16 Å². The zero-order chi connectivity index (χ0) is 35.1. The van der Waals surface area contributed by atoms with Crippen LogP contribution in [0.5, 0.6) is 0 Å². The van der Waals surface area contributed by atoms with E-state index < -0.39 is 29.6 Å². The number of esters is 1. The standard InChI is InChI=1S/C33H40F3N7O5/c1-32(2,3)48-31(45)38-14-8-16-43(4)15-7-13-37-28-26-23-12-11-22(30(44)47-5)19-24(23)39-29(26)41-25(40-28)18-20-9-6-10-21(17-20)27(42-46)33(34,35)36/h6,9-12,17,19,46H,7-8,13-16,18H2,1-5H3,(H,38,45)(H2,37,39,40,41)/b42-27-. The Morgan fingerprint density at radius 1 is 1.02 bits per heavy atom. The monoisotopic (exact) mass is 671 g/mol. The minimum absolute atomic E-state index is 0.0951. The zero-order valence-corrected chi connectivity index (χ0v) is 27.5. The Bertz CT molecular complexity index is 1780. The number of aromatic nitrogens is 3. The number of alkyl carbamates (subject to hydrolysis) is 1. The molecule has 0 aliphatic heterocycles. The van der Waals surface area contributed by atoms with Crippen molar-refractivity contribution in [3.05, 3.63) is 65.0 Å². The zero-order valence-electron chi connectivity index (χ0n) is 27.5. The highest BCUT2D eigenvalue weighted by Crippen LogP contribution is 2.31. The van der Waals surface area contributed by atoms with Gasteiger partial charge in [0, 0.05) is 36.0 Å². The molecule has 0 unspecified atom stereocenters.